The molecule has 0 saturated carbocycles. The number of benzene rings is 2. The van der Waals surface area contributed by atoms with Gasteiger partial charge in [-0.25, -0.2) is 4.68 Å². The molecule has 0 atom stereocenters. The van der Waals surface area contributed by atoms with Gasteiger partial charge >= 0.3 is 0 Å². The van der Waals surface area contributed by atoms with E-state index in [1.165, 1.54) is 4.68 Å². The topological polar surface area (TPSA) is 97.2 Å². The van der Waals surface area contributed by atoms with Crippen LogP contribution in [-0.2, 0) is 16.1 Å². The van der Waals surface area contributed by atoms with Crippen LogP contribution in [0, 0.1) is 0 Å². The second-order valence-corrected chi connectivity index (χ2v) is 6.63. The molecule has 0 aliphatic carbocycles. The average molecular weight is 377 g/mol. The van der Waals surface area contributed by atoms with Gasteiger partial charge in [-0.1, -0.05) is 17.3 Å². The Morgan fingerprint density at radius 1 is 1.07 bits per heavy atom. The molecule has 1 aromatic heterocycles. The fourth-order valence-electron chi connectivity index (χ4n) is 3.25. The van der Waals surface area contributed by atoms with Crippen molar-refractivity contribution in [2.75, 3.05) is 16.8 Å². The average Bonchev–Trinajstić information content (AvgIpc) is 3.14. The molecule has 8 nitrogen and oxygen atoms in total. The highest BCUT2D eigenvalue weighted by atomic mass is 16.2. The van der Waals surface area contributed by atoms with Crippen molar-refractivity contribution in [3.05, 3.63) is 58.9 Å². The molecule has 0 unspecified atom stereocenters. The fourth-order valence-corrected chi connectivity index (χ4v) is 3.25. The molecule has 1 aliphatic rings. The summed E-state index contributed by atoms with van der Waals surface area (Å²) < 4.78 is 1.20. The molecule has 2 amide bonds. The van der Waals surface area contributed by atoms with Gasteiger partial charge in [-0.3, -0.25) is 14.4 Å². The van der Waals surface area contributed by atoms with E-state index in [9.17, 15) is 14.4 Å². The van der Waals surface area contributed by atoms with E-state index in [-0.39, 0.29) is 30.3 Å². The number of aryl methyl sites for hydroxylation is 1. The van der Waals surface area contributed by atoms with Crippen LogP contribution in [0.1, 0.15) is 19.3 Å². The molecule has 4 rings (SSSR count). The van der Waals surface area contributed by atoms with Gasteiger partial charge in [-0.05, 0) is 42.8 Å². The van der Waals surface area contributed by atoms with Crippen LogP contribution in [0.5, 0.6) is 0 Å². The summed E-state index contributed by atoms with van der Waals surface area (Å²) in [6.07, 6.45) is 1.54. The van der Waals surface area contributed by atoms with Crippen molar-refractivity contribution in [3.8, 4) is 0 Å². The highest BCUT2D eigenvalue weighted by Gasteiger charge is 2.21. The Morgan fingerprint density at radius 2 is 1.86 bits per heavy atom. The summed E-state index contributed by atoms with van der Waals surface area (Å²) in [6.45, 7) is 0.870. The zero-order chi connectivity index (χ0) is 19.5. The van der Waals surface area contributed by atoms with Crippen molar-refractivity contribution in [1.29, 1.82) is 0 Å². The number of hydrogen-bond acceptors (Lipinski definition) is 5. The number of fused-ring (bicyclic) bond motifs is 1. The summed E-state index contributed by atoms with van der Waals surface area (Å²) in [5, 5.41) is 11.2. The molecule has 142 valence electrons. The van der Waals surface area contributed by atoms with E-state index >= 15 is 0 Å². The van der Waals surface area contributed by atoms with Crippen LogP contribution >= 0.6 is 0 Å². The zero-order valence-corrected chi connectivity index (χ0v) is 15.2. The van der Waals surface area contributed by atoms with E-state index in [4.69, 9.17) is 0 Å². The van der Waals surface area contributed by atoms with Crippen LogP contribution in [0.3, 0.4) is 0 Å². The number of carbonyl (C=O) groups excluding carboxylic acids is 2. The van der Waals surface area contributed by atoms with Crippen molar-refractivity contribution < 1.29 is 9.59 Å². The standard InChI is InChI=1S/C20H19N5O3/c26-18(11-13-25-20(28)16-4-1-2-5-17(16)22-23-25)21-14-7-9-15(10-8-14)24-12-3-6-19(24)27/h1-2,4-5,7-10H,3,6,11-13H2,(H,21,26). The summed E-state index contributed by atoms with van der Waals surface area (Å²) in [5.74, 6) is -0.106. The minimum Gasteiger partial charge on any atom is -0.326 e. The van der Waals surface area contributed by atoms with Crippen molar-refractivity contribution >= 4 is 34.1 Å². The fraction of sp³-hybridized carbons (Fsp3) is 0.250. The molecule has 0 radical (unpaired) electrons. The molecule has 1 N–H and O–H groups in total. The largest absolute Gasteiger partial charge is 0.326 e. The molecule has 1 aliphatic heterocycles. The van der Waals surface area contributed by atoms with Gasteiger partial charge in [0.25, 0.3) is 5.56 Å². The molecule has 2 aromatic carbocycles. The Morgan fingerprint density at radius 3 is 2.61 bits per heavy atom. The SMILES string of the molecule is O=C(CCn1nnc2ccccc2c1=O)Nc1ccc(N2CCCC2=O)cc1. The number of aromatic nitrogens is 3. The molecular weight excluding hydrogens is 358 g/mol. The van der Waals surface area contributed by atoms with Gasteiger partial charge in [0, 0.05) is 30.8 Å². The molecule has 1 saturated heterocycles. The Hall–Kier alpha value is -3.55. The molecule has 3 aromatic rings. The maximum absolute atomic E-state index is 12.4. The van der Waals surface area contributed by atoms with Gasteiger partial charge in [0.15, 0.2) is 0 Å². The van der Waals surface area contributed by atoms with Crippen LogP contribution in [0.4, 0.5) is 11.4 Å². The Kier molecular flexibility index (Phi) is 4.84. The summed E-state index contributed by atoms with van der Waals surface area (Å²) in [7, 11) is 0. The lowest BCUT2D eigenvalue weighted by Crippen LogP contribution is -2.26. The number of rotatable bonds is 5. The summed E-state index contributed by atoms with van der Waals surface area (Å²) in [5.41, 5.74) is 1.73. The first kappa shape index (κ1) is 17.8. The number of amides is 2. The molecule has 1 fully saturated rings. The Balaban J connectivity index is 1.38. The van der Waals surface area contributed by atoms with E-state index < -0.39 is 0 Å². The molecule has 0 bridgehead atoms. The Bertz CT molecular complexity index is 1090. The van der Waals surface area contributed by atoms with Crippen LogP contribution in [0.2, 0.25) is 0 Å². The maximum atomic E-state index is 12.4. The predicted octanol–water partition coefficient (Wildman–Crippen LogP) is 1.95. The first-order valence-electron chi connectivity index (χ1n) is 9.15. The van der Waals surface area contributed by atoms with E-state index in [0.717, 1.165) is 18.7 Å². The number of hydrogen-bond donors (Lipinski definition) is 1. The second-order valence-electron chi connectivity index (χ2n) is 6.63. The number of carbonyl (C=O) groups is 2. The molecular formula is C20H19N5O3. The van der Waals surface area contributed by atoms with Crippen LogP contribution in [0.25, 0.3) is 10.9 Å². The van der Waals surface area contributed by atoms with Crippen molar-refractivity contribution in [2.24, 2.45) is 0 Å². The lowest BCUT2D eigenvalue weighted by molar-refractivity contribution is -0.117. The Labute approximate surface area is 160 Å². The van der Waals surface area contributed by atoms with Gasteiger partial charge in [-0.15, -0.1) is 5.10 Å². The maximum Gasteiger partial charge on any atom is 0.277 e. The van der Waals surface area contributed by atoms with Crippen LogP contribution in [0.15, 0.2) is 53.3 Å². The lowest BCUT2D eigenvalue weighted by atomic mass is 10.2. The van der Waals surface area contributed by atoms with E-state index in [1.807, 2.05) is 12.1 Å². The predicted molar refractivity (Wildman–Crippen MR) is 105 cm³/mol. The third-order valence-corrected chi connectivity index (χ3v) is 4.72. The molecule has 2 heterocycles. The molecule has 0 spiro atoms. The van der Waals surface area contributed by atoms with E-state index in [2.05, 4.69) is 15.6 Å². The second kappa shape index (κ2) is 7.59. The number of nitrogens with one attached hydrogen (secondary N) is 1. The quantitative estimate of drug-likeness (QED) is 0.733. The van der Waals surface area contributed by atoms with Crippen LogP contribution in [-0.4, -0.2) is 33.4 Å². The minimum absolute atomic E-state index is 0.0965. The first-order valence-corrected chi connectivity index (χ1v) is 9.15. The van der Waals surface area contributed by atoms with Crippen molar-refractivity contribution in [2.45, 2.75) is 25.8 Å². The number of nitrogens with zero attached hydrogens (tertiary/aromatic N) is 4. The van der Waals surface area contributed by atoms with E-state index in [1.54, 1.807) is 41.3 Å². The smallest absolute Gasteiger partial charge is 0.277 e. The zero-order valence-electron chi connectivity index (χ0n) is 15.2. The minimum atomic E-state index is -0.266. The van der Waals surface area contributed by atoms with Gasteiger partial charge in [0.05, 0.1) is 11.9 Å². The number of anilines is 2. The first-order chi connectivity index (χ1) is 13.6. The molecule has 28 heavy (non-hydrogen) atoms. The third-order valence-electron chi connectivity index (χ3n) is 4.72. The third kappa shape index (κ3) is 3.62. The van der Waals surface area contributed by atoms with Gasteiger partial charge < -0.3 is 10.2 Å². The highest BCUT2D eigenvalue weighted by Crippen LogP contribution is 2.23. The van der Waals surface area contributed by atoms with Crippen molar-refractivity contribution in [3.63, 3.8) is 0 Å². The normalized spacial score (nSPS) is 13.9. The van der Waals surface area contributed by atoms with Gasteiger partial charge in [0.2, 0.25) is 11.8 Å². The van der Waals surface area contributed by atoms with Crippen LogP contribution < -0.4 is 15.8 Å². The van der Waals surface area contributed by atoms with Gasteiger partial charge in [-0.2, -0.15) is 0 Å². The summed E-state index contributed by atoms with van der Waals surface area (Å²) in [4.78, 5) is 38.1. The molecule has 8 heteroatoms. The summed E-state index contributed by atoms with van der Waals surface area (Å²) >= 11 is 0. The lowest BCUT2D eigenvalue weighted by Gasteiger charge is -2.16. The van der Waals surface area contributed by atoms with Gasteiger partial charge in [0.1, 0.15) is 5.52 Å². The summed E-state index contributed by atoms with van der Waals surface area (Å²) in [6, 6.07) is 14.1. The monoisotopic (exact) mass is 377 g/mol. The highest BCUT2D eigenvalue weighted by molar-refractivity contribution is 5.96. The van der Waals surface area contributed by atoms with Crippen molar-refractivity contribution in [1.82, 2.24) is 15.0 Å². The van der Waals surface area contributed by atoms with E-state index in [0.29, 0.717) is 23.0 Å².